The molecule has 0 aromatic heterocycles. The molecule has 0 atom stereocenters. The van der Waals surface area contributed by atoms with Gasteiger partial charge in [-0.2, -0.15) is 0 Å². The Labute approximate surface area is 148 Å². The van der Waals surface area contributed by atoms with Gasteiger partial charge in [-0.1, -0.05) is 24.3 Å². The molecule has 0 spiro atoms. The highest BCUT2D eigenvalue weighted by Gasteiger charge is 2.06. The van der Waals surface area contributed by atoms with Gasteiger partial charge in [0, 0.05) is 13.2 Å². The molecular formula is C20H24O5. The van der Waals surface area contributed by atoms with Gasteiger partial charge in [0.05, 0.1) is 21.3 Å². The lowest BCUT2D eigenvalue weighted by atomic mass is 10.1. The van der Waals surface area contributed by atoms with Crippen molar-refractivity contribution in [3.8, 4) is 23.0 Å². The first kappa shape index (κ1) is 18.7. The van der Waals surface area contributed by atoms with Crippen molar-refractivity contribution in [2.45, 2.75) is 6.42 Å². The third-order valence-corrected chi connectivity index (χ3v) is 3.66. The molecule has 0 saturated heterocycles. The summed E-state index contributed by atoms with van der Waals surface area (Å²) in [6.45, 7) is 0.194. The predicted molar refractivity (Wildman–Crippen MR) is 97.8 cm³/mol. The number of allylic oxidation sites excluding steroid dienone is 1. The van der Waals surface area contributed by atoms with Gasteiger partial charge in [0.2, 0.25) is 0 Å². The number of hydrogen-bond acceptors (Lipinski definition) is 5. The number of methoxy groups -OCH3 is 4. The van der Waals surface area contributed by atoms with Gasteiger partial charge in [0.25, 0.3) is 0 Å². The van der Waals surface area contributed by atoms with Crippen molar-refractivity contribution in [1.29, 1.82) is 0 Å². The normalized spacial score (nSPS) is 10.7. The van der Waals surface area contributed by atoms with E-state index in [0.29, 0.717) is 11.5 Å². The van der Waals surface area contributed by atoms with Crippen LogP contribution in [-0.4, -0.2) is 35.2 Å². The summed E-state index contributed by atoms with van der Waals surface area (Å²) in [6, 6.07) is 11.6. The molecule has 5 heteroatoms. The van der Waals surface area contributed by atoms with Crippen molar-refractivity contribution in [2.24, 2.45) is 0 Å². The molecule has 0 aliphatic rings. The summed E-state index contributed by atoms with van der Waals surface area (Å²) in [4.78, 5) is 0. The molecule has 0 fully saturated rings. The van der Waals surface area contributed by atoms with Crippen LogP contribution in [-0.2, 0) is 11.2 Å². The molecule has 2 aromatic rings. The van der Waals surface area contributed by atoms with Crippen molar-refractivity contribution in [3.63, 3.8) is 0 Å². The molecule has 0 N–H and O–H groups in total. The van der Waals surface area contributed by atoms with Gasteiger partial charge in [-0.3, -0.25) is 0 Å². The molecule has 0 amide bonds. The zero-order chi connectivity index (χ0) is 18.1. The van der Waals surface area contributed by atoms with E-state index in [1.807, 2.05) is 42.5 Å². The molecule has 0 aliphatic carbocycles. The van der Waals surface area contributed by atoms with Crippen molar-refractivity contribution in [2.75, 3.05) is 35.2 Å². The summed E-state index contributed by atoms with van der Waals surface area (Å²) in [7, 11) is 6.48. The van der Waals surface area contributed by atoms with Crippen LogP contribution >= 0.6 is 0 Å². The van der Waals surface area contributed by atoms with Gasteiger partial charge < -0.3 is 23.7 Å². The maximum absolute atomic E-state index is 5.63. The number of rotatable bonds is 9. The quantitative estimate of drug-likeness (QED) is 0.645. The molecule has 2 rings (SSSR count). The van der Waals surface area contributed by atoms with E-state index in [2.05, 4.69) is 6.08 Å². The maximum atomic E-state index is 5.63. The standard InChI is InChI=1S/C20H24O5/c1-21-14-25-19-13-17(22-2)10-9-16(19)7-5-6-15-8-11-18(23-3)20(12-15)24-4/h5-6,8-13H,7,14H2,1-4H3/b6-5+. The van der Waals surface area contributed by atoms with Crippen LogP contribution in [0.1, 0.15) is 11.1 Å². The van der Waals surface area contributed by atoms with E-state index in [9.17, 15) is 0 Å². The third kappa shape index (κ3) is 5.16. The minimum Gasteiger partial charge on any atom is -0.497 e. The zero-order valence-electron chi connectivity index (χ0n) is 15.1. The fraction of sp³-hybridized carbons (Fsp3) is 0.300. The van der Waals surface area contributed by atoms with Crippen LogP contribution in [0.15, 0.2) is 42.5 Å². The predicted octanol–water partition coefficient (Wildman–Crippen LogP) is 3.95. The number of ether oxygens (including phenoxy) is 5. The Balaban J connectivity index is 2.13. The van der Waals surface area contributed by atoms with Crippen LogP contribution in [0, 0.1) is 0 Å². The molecule has 5 nitrogen and oxygen atoms in total. The van der Waals surface area contributed by atoms with E-state index in [0.717, 1.165) is 29.0 Å². The molecule has 0 heterocycles. The monoisotopic (exact) mass is 344 g/mol. The van der Waals surface area contributed by atoms with E-state index in [4.69, 9.17) is 23.7 Å². The fourth-order valence-corrected chi connectivity index (χ4v) is 2.37. The smallest absolute Gasteiger partial charge is 0.188 e. The van der Waals surface area contributed by atoms with Gasteiger partial charge in [-0.05, 0) is 35.7 Å². The van der Waals surface area contributed by atoms with Crippen LogP contribution in [0.4, 0.5) is 0 Å². The first-order valence-electron chi connectivity index (χ1n) is 7.89. The van der Waals surface area contributed by atoms with Gasteiger partial charge in [-0.15, -0.1) is 0 Å². The van der Waals surface area contributed by atoms with Crippen LogP contribution in [0.2, 0.25) is 0 Å². The Hall–Kier alpha value is -2.66. The molecular weight excluding hydrogens is 320 g/mol. The van der Waals surface area contributed by atoms with Crippen molar-refractivity contribution < 1.29 is 23.7 Å². The van der Waals surface area contributed by atoms with Gasteiger partial charge in [0.15, 0.2) is 18.3 Å². The Kier molecular flexibility index (Phi) is 7.16. The van der Waals surface area contributed by atoms with E-state index in [-0.39, 0.29) is 6.79 Å². The highest BCUT2D eigenvalue weighted by atomic mass is 16.7. The molecule has 0 unspecified atom stereocenters. The summed E-state index contributed by atoms with van der Waals surface area (Å²) in [5.41, 5.74) is 2.08. The molecule has 0 radical (unpaired) electrons. The van der Waals surface area contributed by atoms with Crippen molar-refractivity contribution in [3.05, 3.63) is 53.6 Å². The molecule has 0 bridgehead atoms. The SMILES string of the molecule is COCOc1cc(OC)ccc1C/C=C/c1ccc(OC)c(OC)c1. The second kappa shape index (κ2) is 9.59. The molecule has 25 heavy (non-hydrogen) atoms. The van der Waals surface area contributed by atoms with Crippen LogP contribution < -0.4 is 18.9 Å². The summed E-state index contributed by atoms with van der Waals surface area (Å²) in [5, 5.41) is 0. The van der Waals surface area contributed by atoms with E-state index in [1.54, 1.807) is 28.4 Å². The Morgan fingerprint density at radius 1 is 0.800 bits per heavy atom. The van der Waals surface area contributed by atoms with E-state index in [1.165, 1.54) is 0 Å². The molecule has 0 saturated carbocycles. The van der Waals surface area contributed by atoms with Gasteiger partial charge >= 0.3 is 0 Å². The molecule has 134 valence electrons. The number of hydrogen-bond donors (Lipinski definition) is 0. The van der Waals surface area contributed by atoms with Gasteiger partial charge in [0.1, 0.15) is 11.5 Å². The average molecular weight is 344 g/mol. The van der Waals surface area contributed by atoms with Crippen molar-refractivity contribution in [1.82, 2.24) is 0 Å². The Morgan fingerprint density at radius 3 is 2.28 bits per heavy atom. The Bertz CT molecular complexity index is 709. The highest BCUT2D eigenvalue weighted by Crippen LogP contribution is 2.29. The lowest BCUT2D eigenvalue weighted by Crippen LogP contribution is -2.01. The maximum Gasteiger partial charge on any atom is 0.188 e. The topological polar surface area (TPSA) is 46.2 Å². The van der Waals surface area contributed by atoms with E-state index >= 15 is 0 Å². The van der Waals surface area contributed by atoms with Crippen LogP contribution in [0.5, 0.6) is 23.0 Å². The minimum absolute atomic E-state index is 0.194. The summed E-state index contributed by atoms with van der Waals surface area (Å²) < 4.78 is 26.4. The lowest BCUT2D eigenvalue weighted by molar-refractivity contribution is 0.0504. The first-order valence-corrected chi connectivity index (χ1v) is 7.89. The summed E-state index contributed by atoms with van der Waals surface area (Å²) in [6.07, 6.45) is 4.83. The van der Waals surface area contributed by atoms with E-state index < -0.39 is 0 Å². The average Bonchev–Trinajstić information content (AvgIpc) is 2.66. The Morgan fingerprint density at radius 2 is 1.60 bits per heavy atom. The lowest BCUT2D eigenvalue weighted by Gasteiger charge is -2.11. The fourth-order valence-electron chi connectivity index (χ4n) is 2.37. The zero-order valence-corrected chi connectivity index (χ0v) is 15.1. The van der Waals surface area contributed by atoms with Gasteiger partial charge in [-0.25, -0.2) is 0 Å². The molecule has 2 aromatic carbocycles. The third-order valence-electron chi connectivity index (χ3n) is 3.66. The summed E-state index contributed by atoms with van der Waals surface area (Å²) in [5.74, 6) is 2.92. The largest absolute Gasteiger partial charge is 0.497 e. The van der Waals surface area contributed by atoms with Crippen LogP contribution in [0.3, 0.4) is 0 Å². The summed E-state index contributed by atoms with van der Waals surface area (Å²) >= 11 is 0. The van der Waals surface area contributed by atoms with Crippen LogP contribution in [0.25, 0.3) is 6.08 Å². The second-order valence-corrected chi connectivity index (χ2v) is 5.25. The molecule has 0 aliphatic heterocycles. The second-order valence-electron chi connectivity index (χ2n) is 5.25. The minimum atomic E-state index is 0.194. The number of benzene rings is 2. The highest BCUT2D eigenvalue weighted by molar-refractivity contribution is 5.56. The first-order chi connectivity index (χ1) is 12.2. The van der Waals surface area contributed by atoms with Crippen molar-refractivity contribution >= 4 is 6.08 Å².